The van der Waals surface area contributed by atoms with E-state index in [2.05, 4.69) is 36.6 Å². The predicted octanol–water partition coefficient (Wildman–Crippen LogP) is 4.15. The van der Waals surface area contributed by atoms with Gasteiger partial charge in [0.15, 0.2) is 0 Å². The maximum atomic E-state index is 4.73. The summed E-state index contributed by atoms with van der Waals surface area (Å²) in [6, 6.07) is 8.81. The van der Waals surface area contributed by atoms with Crippen molar-refractivity contribution in [2.24, 2.45) is 28.8 Å². The molecule has 4 aliphatic rings. The van der Waals surface area contributed by atoms with E-state index in [9.17, 15) is 0 Å². The Morgan fingerprint density at radius 1 is 1.19 bits per heavy atom. The maximum Gasteiger partial charge on any atom is 0.126 e. The van der Waals surface area contributed by atoms with Gasteiger partial charge in [0.05, 0.1) is 0 Å². The molecule has 2 bridgehead atoms. The Labute approximate surface area is 130 Å². The summed E-state index contributed by atoms with van der Waals surface area (Å²) in [6.07, 6.45) is 7.22. The van der Waals surface area contributed by atoms with Crippen molar-refractivity contribution in [2.75, 3.05) is 0 Å². The Hall–Kier alpha value is -0.960. The zero-order chi connectivity index (χ0) is 14.0. The first-order valence-electron chi connectivity index (χ1n) is 8.36. The molecule has 3 saturated carbocycles. The van der Waals surface area contributed by atoms with Crippen LogP contribution in [-0.4, -0.2) is 9.91 Å². The van der Waals surface area contributed by atoms with Crippen LogP contribution < -0.4 is 5.43 Å². The fourth-order valence-corrected chi connectivity index (χ4v) is 7.02. The van der Waals surface area contributed by atoms with Crippen LogP contribution in [0.1, 0.15) is 43.2 Å². The van der Waals surface area contributed by atoms with Crippen LogP contribution in [0.4, 0.5) is 0 Å². The van der Waals surface area contributed by atoms with Crippen LogP contribution in [0.25, 0.3) is 0 Å². The lowest BCUT2D eigenvalue weighted by atomic mass is 9.79. The summed E-state index contributed by atoms with van der Waals surface area (Å²) >= 11 is 2.03. The number of fused-ring (bicyclic) bond motifs is 6. The summed E-state index contributed by atoms with van der Waals surface area (Å²) in [5.74, 6) is 3.85. The summed E-state index contributed by atoms with van der Waals surface area (Å²) in [5, 5.41) is 5.94. The van der Waals surface area contributed by atoms with Crippen LogP contribution in [0.2, 0.25) is 0 Å². The molecule has 5 rings (SSSR count). The minimum atomic E-state index is 0.233. The molecule has 1 aliphatic heterocycles. The fraction of sp³-hybridized carbons (Fsp3) is 0.611. The van der Waals surface area contributed by atoms with E-state index in [1.165, 1.54) is 48.3 Å². The summed E-state index contributed by atoms with van der Waals surface area (Å²) in [5.41, 5.74) is 6.19. The number of aryl methyl sites for hydroxylation is 1. The molecule has 3 fully saturated rings. The SMILES string of the molecule is Cc1ccc(C2=NNC3(CC4CC3C3CCCC43)S2)cc1. The predicted molar refractivity (Wildman–Crippen MR) is 88.2 cm³/mol. The van der Waals surface area contributed by atoms with Gasteiger partial charge in [0.25, 0.3) is 0 Å². The number of hydrazone groups is 1. The van der Waals surface area contributed by atoms with Crippen molar-refractivity contribution in [3.05, 3.63) is 35.4 Å². The van der Waals surface area contributed by atoms with E-state index in [0.717, 1.165) is 23.7 Å². The van der Waals surface area contributed by atoms with E-state index in [1.54, 1.807) is 0 Å². The van der Waals surface area contributed by atoms with Gasteiger partial charge in [-0.15, -0.1) is 0 Å². The first-order chi connectivity index (χ1) is 10.3. The van der Waals surface area contributed by atoms with E-state index in [4.69, 9.17) is 5.10 Å². The Bertz CT molecular complexity index is 608. The molecule has 1 heterocycles. The zero-order valence-corrected chi connectivity index (χ0v) is 13.3. The second kappa shape index (κ2) is 4.28. The van der Waals surface area contributed by atoms with Crippen molar-refractivity contribution in [3.8, 4) is 0 Å². The van der Waals surface area contributed by atoms with Crippen molar-refractivity contribution in [1.29, 1.82) is 0 Å². The number of hydrogen-bond acceptors (Lipinski definition) is 3. The number of thioether (sulfide) groups is 1. The van der Waals surface area contributed by atoms with Gasteiger partial charge < -0.3 is 0 Å². The standard InChI is InChI=1S/C18H22N2S/c1-11-5-7-12(8-6-11)17-19-20-18(21-17)10-13-9-16(18)15-4-2-3-14(13)15/h5-8,13-16,20H,2-4,9-10H2,1H3. The molecule has 1 spiro atoms. The van der Waals surface area contributed by atoms with Crippen molar-refractivity contribution >= 4 is 16.8 Å². The molecule has 0 amide bonds. The molecular formula is C18H22N2S. The molecule has 1 aromatic rings. The average Bonchev–Trinajstić information content (AvgIpc) is 3.22. The van der Waals surface area contributed by atoms with Crippen LogP contribution in [0.15, 0.2) is 29.4 Å². The molecule has 0 aromatic heterocycles. The third kappa shape index (κ3) is 1.70. The molecule has 3 heteroatoms. The van der Waals surface area contributed by atoms with E-state index in [0.29, 0.717) is 0 Å². The quantitative estimate of drug-likeness (QED) is 0.842. The largest absolute Gasteiger partial charge is 0.292 e. The normalized spacial score (nSPS) is 43.2. The highest BCUT2D eigenvalue weighted by Gasteiger charge is 2.63. The molecule has 0 radical (unpaired) electrons. The highest BCUT2D eigenvalue weighted by atomic mass is 32.2. The lowest BCUT2D eigenvalue weighted by molar-refractivity contribution is 0.192. The van der Waals surface area contributed by atoms with E-state index < -0.39 is 0 Å². The van der Waals surface area contributed by atoms with Crippen LogP contribution in [-0.2, 0) is 0 Å². The van der Waals surface area contributed by atoms with Crippen molar-refractivity contribution < 1.29 is 0 Å². The highest BCUT2D eigenvalue weighted by Crippen LogP contribution is 2.66. The summed E-state index contributed by atoms with van der Waals surface area (Å²) in [4.78, 5) is 0.233. The smallest absolute Gasteiger partial charge is 0.126 e. The minimum absolute atomic E-state index is 0.233. The zero-order valence-electron chi connectivity index (χ0n) is 12.5. The molecule has 5 unspecified atom stereocenters. The van der Waals surface area contributed by atoms with E-state index in [1.807, 2.05) is 11.8 Å². The lowest BCUT2D eigenvalue weighted by Crippen LogP contribution is -2.45. The topological polar surface area (TPSA) is 24.4 Å². The Balaban J connectivity index is 1.41. The van der Waals surface area contributed by atoms with Gasteiger partial charge in [-0.2, -0.15) is 5.10 Å². The number of nitrogens with one attached hydrogen (secondary N) is 1. The molecule has 2 nitrogen and oxygen atoms in total. The average molecular weight is 298 g/mol. The fourth-order valence-electron chi connectivity index (χ4n) is 5.52. The lowest BCUT2D eigenvalue weighted by Gasteiger charge is -2.38. The van der Waals surface area contributed by atoms with Crippen molar-refractivity contribution in [3.63, 3.8) is 0 Å². The number of hydrogen-bond donors (Lipinski definition) is 1. The van der Waals surface area contributed by atoms with Crippen molar-refractivity contribution in [2.45, 2.75) is 43.9 Å². The number of rotatable bonds is 1. The second-order valence-electron chi connectivity index (χ2n) is 7.45. The molecule has 5 atom stereocenters. The van der Waals surface area contributed by atoms with Gasteiger partial charge in [0.1, 0.15) is 9.91 Å². The van der Waals surface area contributed by atoms with Gasteiger partial charge in [-0.3, -0.25) is 5.43 Å². The Kier molecular flexibility index (Phi) is 2.56. The Morgan fingerprint density at radius 3 is 2.86 bits per heavy atom. The maximum absolute atomic E-state index is 4.73. The molecular weight excluding hydrogens is 276 g/mol. The van der Waals surface area contributed by atoms with Gasteiger partial charge in [0.2, 0.25) is 0 Å². The number of benzene rings is 1. The van der Waals surface area contributed by atoms with Gasteiger partial charge in [0, 0.05) is 5.56 Å². The van der Waals surface area contributed by atoms with Crippen LogP contribution in [0.5, 0.6) is 0 Å². The molecule has 110 valence electrons. The van der Waals surface area contributed by atoms with Gasteiger partial charge in [-0.1, -0.05) is 48.0 Å². The first-order valence-corrected chi connectivity index (χ1v) is 9.18. The molecule has 0 saturated heterocycles. The van der Waals surface area contributed by atoms with Crippen LogP contribution in [0, 0.1) is 30.6 Å². The summed E-state index contributed by atoms with van der Waals surface area (Å²) < 4.78 is 0. The van der Waals surface area contributed by atoms with E-state index in [-0.39, 0.29) is 4.87 Å². The molecule has 21 heavy (non-hydrogen) atoms. The number of nitrogens with zero attached hydrogens (tertiary/aromatic N) is 1. The van der Waals surface area contributed by atoms with Crippen LogP contribution >= 0.6 is 11.8 Å². The molecule has 1 N–H and O–H groups in total. The minimum Gasteiger partial charge on any atom is -0.292 e. The van der Waals surface area contributed by atoms with E-state index >= 15 is 0 Å². The van der Waals surface area contributed by atoms with Gasteiger partial charge in [-0.25, -0.2) is 0 Å². The van der Waals surface area contributed by atoms with Crippen LogP contribution in [0.3, 0.4) is 0 Å². The van der Waals surface area contributed by atoms with Crippen molar-refractivity contribution in [1.82, 2.24) is 5.43 Å². The Morgan fingerprint density at radius 2 is 2.00 bits per heavy atom. The highest BCUT2D eigenvalue weighted by molar-refractivity contribution is 8.15. The molecule has 3 aliphatic carbocycles. The third-order valence-corrected chi connectivity index (χ3v) is 7.84. The summed E-state index contributed by atoms with van der Waals surface area (Å²) in [7, 11) is 0. The molecule has 1 aromatic carbocycles. The first kappa shape index (κ1) is 12.6. The second-order valence-corrected chi connectivity index (χ2v) is 8.77. The summed E-state index contributed by atoms with van der Waals surface area (Å²) in [6.45, 7) is 2.14. The van der Waals surface area contributed by atoms with Gasteiger partial charge >= 0.3 is 0 Å². The van der Waals surface area contributed by atoms with Gasteiger partial charge in [-0.05, 0) is 56.3 Å². The monoisotopic (exact) mass is 298 g/mol. The third-order valence-electron chi connectivity index (χ3n) is 6.39.